The van der Waals surface area contributed by atoms with E-state index in [1.54, 1.807) is 13.8 Å². The number of nitrogens with one attached hydrogen (secondary N) is 1. The first-order valence-corrected chi connectivity index (χ1v) is 5.22. The SMILES string of the molecule is C=C(C)C(=O)OCC(C)NC(=O)OCCOC. The molecule has 1 atom stereocenters. The highest BCUT2D eigenvalue weighted by atomic mass is 16.6. The molecule has 0 aliphatic heterocycles. The van der Waals surface area contributed by atoms with Crippen LogP contribution in [-0.2, 0) is 19.0 Å². The number of esters is 1. The maximum Gasteiger partial charge on any atom is 0.407 e. The minimum absolute atomic E-state index is 0.0745. The third kappa shape index (κ3) is 8.27. The lowest BCUT2D eigenvalue weighted by atomic mass is 10.3. The molecule has 17 heavy (non-hydrogen) atoms. The number of carbonyl (C=O) groups is 2. The quantitative estimate of drug-likeness (QED) is 0.409. The Balaban J connectivity index is 3.70. The zero-order chi connectivity index (χ0) is 13.3. The number of hydrogen-bond donors (Lipinski definition) is 1. The molecule has 0 aliphatic rings. The maximum atomic E-state index is 11.2. The van der Waals surface area contributed by atoms with Gasteiger partial charge in [0, 0.05) is 12.7 Å². The first-order valence-electron chi connectivity index (χ1n) is 5.22. The minimum Gasteiger partial charge on any atom is -0.460 e. The van der Waals surface area contributed by atoms with E-state index in [4.69, 9.17) is 14.2 Å². The van der Waals surface area contributed by atoms with Crippen molar-refractivity contribution in [1.29, 1.82) is 0 Å². The predicted molar refractivity (Wildman–Crippen MR) is 61.6 cm³/mol. The molecule has 6 nitrogen and oxygen atoms in total. The fraction of sp³-hybridized carbons (Fsp3) is 0.636. The summed E-state index contributed by atoms with van der Waals surface area (Å²) in [6, 6.07) is -0.326. The third-order valence-electron chi connectivity index (χ3n) is 1.70. The summed E-state index contributed by atoms with van der Waals surface area (Å²) in [7, 11) is 1.51. The van der Waals surface area contributed by atoms with E-state index < -0.39 is 12.1 Å². The summed E-state index contributed by atoms with van der Waals surface area (Å²) in [6.45, 7) is 7.29. The molecule has 0 aliphatic carbocycles. The summed E-state index contributed by atoms with van der Waals surface area (Å²) in [5.41, 5.74) is 0.319. The number of ether oxygens (including phenoxy) is 3. The topological polar surface area (TPSA) is 73.9 Å². The number of alkyl carbamates (subject to hydrolysis) is 1. The Kier molecular flexibility index (Phi) is 7.79. The van der Waals surface area contributed by atoms with Gasteiger partial charge in [-0.05, 0) is 13.8 Å². The second kappa shape index (κ2) is 8.58. The van der Waals surface area contributed by atoms with Crippen LogP contribution in [0.15, 0.2) is 12.2 Å². The molecule has 0 rings (SSSR count). The minimum atomic E-state index is -0.569. The highest BCUT2D eigenvalue weighted by Crippen LogP contribution is 1.94. The lowest BCUT2D eigenvalue weighted by Crippen LogP contribution is -2.37. The van der Waals surface area contributed by atoms with Gasteiger partial charge in [-0.15, -0.1) is 0 Å². The van der Waals surface area contributed by atoms with Crippen molar-refractivity contribution in [2.45, 2.75) is 19.9 Å². The maximum absolute atomic E-state index is 11.2. The summed E-state index contributed by atoms with van der Waals surface area (Å²) in [5, 5.41) is 2.51. The molecule has 1 amide bonds. The van der Waals surface area contributed by atoms with E-state index in [-0.39, 0.29) is 19.3 Å². The van der Waals surface area contributed by atoms with Crippen molar-refractivity contribution in [1.82, 2.24) is 5.32 Å². The smallest absolute Gasteiger partial charge is 0.407 e. The Hall–Kier alpha value is -1.56. The highest BCUT2D eigenvalue weighted by Gasteiger charge is 2.11. The molecular weight excluding hydrogens is 226 g/mol. The van der Waals surface area contributed by atoms with Crippen LogP contribution in [0.5, 0.6) is 0 Å². The van der Waals surface area contributed by atoms with E-state index in [0.29, 0.717) is 12.2 Å². The molecule has 0 heterocycles. The van der Waals surface area contributed by atoms with Crippen LogP contribution >= 0.6 is 0 Å². The van der Waals surface area contributed by atoms with Crippen LogP contribution in [0.2, 0.25) is 0 Å². The van der Waals surface area contributed by atoms with E-state index in [9.17, 15) is 9.59 Å². The summed E-state index contributed by atoms with van der Waals surface area (Å²) in [5.74, 6) is -0.480. The van der Waals surface area contributed by atoms with Crippen molar-refractivity contribution >= 4 is 12.1 Å². The van der Waals surface area contributed by atoms with Gasteiger partial charge in [-0.2, -0.15) is 0 Å². The zero-order valence-corrected chi connectivity index (χ0v) is 10.4. The molecule has 1 N–H and O–H groups in total. The molecule has 0 saturated heterocycles. The Labute approximate surface area is 101 Å². The van der Waals surface area contributed by atoms with Gasteiger partial charge in [0.15, 0.2) is 0 Å². The highest BCUT2D eigenvalue weighted by molar-refractivity contribution is 5.86. The average molecular weight is 245 g/mol. The number of rotatable bonds is 7. The van der Waals surface area contributed by atoms with E-state index in [0.717, 1.165) is 0 Å². The van der Waals surface area contributed by atoms with E-state index >= 15 is 0 Å². The van der Waals surface area contributed by atoms with Crippen LogP contribution < -0.4 is 5.32 Å². The lowest BCUT2D eigenvalue weighted by Gasteiger charge is -2.14. The summed E-state index contributed by atoms with van der Waals surface area (Å²) >= 11 is 0. The number of carbonyl (C=O) groups excluding carboxylic acids is 2. The first-order chi connectivity index (χ1) is 7.97. The third-order valence-corrected chi connectivity index (χ3v) is 1.70. The molecular formula is C11H19NO5. The van der Waals surface area contributed by atoms with Crippen LogP contribution in [0.25, 0.3) is 0 Å². The normalized spacial score (nSPS) is 11.5. The Morgan fingerprint density at radius 3 is 2.47 bits per heavy atom. The van der Waals surface area contributed by atoms with Crippen LogP contribution in [0.1, 0.15) is 13.8 Å². The van der Waals surface area contributed by atoms with E-state index in [2.05, 4.69) is 11.9 Å². The van der Waals surface area contributed by atoms with Crippen molar-refractivity contribution in [3.63, 3.8) is 0 Å². The molecule has 0 fully saturated rings. The van der Waals surface area contributed by atoms with Gasteiger partial charge in [0.25, 0.3) is 0 Å². The van der Waals surface area contributed by atoms with E-state index in [1.807, 2.05) is 0 Å². The van der Waals surface area contributed by atoms with Crippen LogP contribution in [0.3, 0.4) is 0 Å². The van der Waals surface area contributed by atoms with Gasteiger partial charge >= 0.3 is 12.1 Å². The Morgan fingerprint density at radius 1 is 1.29 bits per heavy atom. The fourth-order valence-corrected chi connectivity index (χ4v) is 0.826. The summed E-state index contributed by atoms with van der Waals surface area (Å²) < 4.78 is 14.4. The molecule has 6 heteroatoms. The lowest BCUT2D eigenvalue weighted by molar-refractivity contribution is -0.139. The second-order valence-electron chi connectivity index (χ2n) is 3.55. The molecule has 98 valence electrons. The molecule has 0 radical (unpaired) electrons. The van der Waals surface area contributed by atoms with Crippen LogP contribution in [0.4, 0.5) is 4.79 Å². The van der Waals surface area contributed by atoms with Crippen LogP contribution in [0, 0.1) is 0 Å². The van der Waals surface area contributed by atoms with Gasteiger partial charge in [-0.25, -0.2) is 9.59 Å². The first kappa shape index (κ1) is 15.4. The summed E-state index contributed by atoms with van der Waals surface area (Å²) in [4.78, 5) is 22.2. The number of methoxy groups -OCH3 is 1. The molecule has 0 bridgehead atoms. The fourth-order valence-electron chi connectivity index (χ4n) is 0.826. The Morgan fingerprint density at radius 2 is 1.94 bits per heavy atom. The van der Waals surface area contributed by atoms with Crippen molar-refractivity contribution in [2.75, 3.05) is 26.9 Å². The van der Waals surface area contributed by atoms with Crippen molar-refractivity contribution < 1.29 is 23.8 Å². The monoisotopic (exact) mass is 245 g/mol. The van der Waals surface area contributed by atoms with Crippen LogP contribution in [-0.4, -0.2) is 45.0 Å². The van der Waals surface area contributed by atoms with E-state index in [1.165, 1.54) is 7.11 Å². The molecule has 0 saturated carbocycles. The molecule has 1 unspecified atom stereocenters. The van der Waals surface area contributed by atoms with Gasteiger partial charge in [-0.3, -0.25) is 0 Å². The number of amides is 1. The Bertz CT molecular complexity index is 277. The van der Waals surface area contributed by atoms with Crippen molar-refractivity contribution in [2.24, 2.45) is 0 Å². The summed E-state index contributed by atoms with van der Waals surface area (Å²) in [6.07, 6.45) is -0.569. The van der Waals surface area contributed by atoms with Gasteiger partial charge in [0.1, 0.15) is 13.2 Å². The largest absolute Gasteiger partial charge is 0.460 e. The molecule has 0 aromatic rings. The average Bonchev–Trinajstić information content (AvgIpc) is 2.26. The predicted octanol–water partition coefficient (Wildman–Crippen LogP) is 0.867. The second-order valence-corrected chi connectivity index (χ2v) is 3.55. The van der Waals surface area contributed by atoms with Gasteiger partial charge in [0.2, 0.25) is 0 Å². The van der Waals surface area contributed by atoms with Gasteiger partial charge < -0.3 is 19.5 Å². The van der Waals surface area contributed by atoms with Gasteiger partial charge in [0.05, 0.1) is 12.6 Å². The standard InChI is InChI=1S/C11H19NO5/c1-8(2)10(13)17-7-9(3)12-11(14)16-6-5-15-4/h9H,1,5-7H2,2-4H3,(H,12,14). The van der Waals surface area contributed by atoms with Gasteiger partial charge in [-0.1, -0.05) is 6.58 Å². The molecule has 0 aromatic heterocycles. The zero-order valence-electron chi connectivity index (χ0n) is 10.4. The molecule has 0 spiro atoms. The molecule has 0 aromatic carbocycles. The number of hydrogen-bond acceptors (Lipinski definition) is 5. The van der Waals surface area contributed by atoms with Crippen molar-refractivity contribution in [3.05, 3.63) is 12.2 Å². The van der Waals surface area contributed by atoms with Crippen molar-refractivity contribution in [3.8, 4) is 0 Å².